The van der Waals surface area contributed by atoms with Crippen molar-refractivity contribution in [3.05, 3.63) is 24.0 Å². The van der Waals surface area contributed by atoms with Crippen LogP contribution in [0.15, 0.2) is 24.0 Å². The number of rotatable bonds is 8. The van der Waals surface area contributed by atoms with Gasteiger partial charge in [-0.25, -0.2) is 4.79 Å². The molecule has 1 N–H and O–H groups in total. The second kappa shape index (κ2) is 9.11. The van der Waals surface area contributed by atoms with E-state index in [4.69, 9.17) is 9.47 Å². The number of carbonyl (C=O) groups is 2. The largest absolute Gasteiger partial charge is 0.462 e. The molecule has 0 bridgehead atoms. The van der Waals surface area contributed by atoms with Crippen LogP contribution in [0.1, 0.15) is 47.0 Å². The minimum atomic E-state index is -1.09. The topological polar surface area (TPSA) is 64.6 Å². The van der Waals surface area contributed by atoms with Crippen LogP contribution in [0.3, 0.4) is 0 Å². The van der Waals surface area contributed by atoms with Crippen LogP contribution in [0.25, 0.3) is 0 Å². The molecule has 1 aliphatic rings. The van der Waals surface area contributed by atoms with E-state index in [1.54, 1.807) is 46.2 Å². The Morgan fingerprint density at radius 2 is 1.83 bits per heavy atom. The molecule has 1 aliphatic heterocycles. The fourth-order valence-corrected chi connectivity index (χ4v) is 2.77. The molecule has 1 atom stereocenters. The van der Waals surface area contributed by atoms with Crippen molar-refractivity contribution in [2.24, 2.45) is 5.41 Å². The molecule has 0 spiro atoms. The Hall–Kier alpha value is -1.30. The van der Waals surface area contributed by atoms with Crippen molar-refractivity contribution in [2.45, 2.75) is 59.2 Å². The Morgan fingerprint density at radius 1 is 1.17 bits per heavy atom. The first-order chi connectivity index (χ1) is 10.8. The molecule has 0 aromatic heterocycles. The van der Waals surface area contributed by atoms with Gasteiger partial charge >= 0.3 is 11.9 Å². The number of nitrogens with one attached hydrogen (secondary N) is 1. The third-order valence-electron chi connectivity index (χ3n) is 3.40. The van der Waals surface area contributed by atoms with Crippen molar-refractivity contribution >= 4 is 27.9 Å². The molecule has 0 aromatic carbocycles. The summed E-state index contributed by atoms with van der Waals surface area (Å²) in [5, 5.41) is 3.73. The van der Waals surface area contributed by atoms with Crippen LogP contribution in [0.2, 0.25) is 0 Å². The molecule has 1 rings (SSSR count). The summed E-state index contributed by atoms with van der Waals surface area (Å²) in [6.07, 6.45) is 6.61. The van der Waals surface area contributed by atoms with Crippen LogP contribution in [0.5, 0.6) is 0 Å². The van der Waals surface area contributed by atoms with E-state index in [0.29, 0.717) is 12.0 Å². The van der Waals surface area contributed by atoms with Gasteiger partial charge in [0.25, 0.3) is 0 Å². The van der Waals surface area contributed by atoms with Gasteiger partial charge in [0, 0.05) is 11.5 Å². The number of ether oxygens (including phenoxy) is 2. The van der Waals surface area contributed by atoms with E-state index < -0.39 is 17.4 Å². The highest BCUT2D eigenvalue weighted by molar-refractivity contribution is 9.09. The lowest BCUT2D eigenvalue weighted by Gasteiger charge is -2.33. The van der Waals surface area contributed by atoms with Gasteiger partial charge in [0.15, 0.2) is 0 Å². The summed E-state index contributed by atoms with van der Waals surface area (Å²) >= 11 is 3.39. The van der Waals surface area contributed by atoms with Crippen LogP contribution >= 0.6 is 15.9 Å². The van der Waals surface area contributed by atoms with E-state index in [-0.39, 0.29) is 12.2 Å². The number of hydrogen-bond acceptors (Lipinski definition) is 5. The number of esters is 2. The normalized spacial score (nSPS) is 20.2. The molecule has 0 fully saturated rings. The van der Waals surface area contributed by atoms with Crippen molar-refractivity contribution in [3.63, 3.8) is 0 Å². The van der Waals surface area contributed by atoms with Crippen LogP contribution in [-0.2, 0) is 19.1 Å². The Bertz CT molecular complexity index is 485. The average molecular weight is 388 g/mol. The highest BCUT2D eigenvalue weighted by Crippen LogP contribution is 2.39. The second-order valence-corrected chi connectivity index (χ2v) is 6.88. The van der Waals surface area contributed by atoms with E-state index in [0.717, 1.165) is 18.2 Å². The summed E-state index contributed by atoms with van der Waals surface area (Å²) in [6, 6.07) is 0. The Morgan fingerprint density at radius 3 is 2.39 bits per heavy atom. The first-order valence-electron chi connectivity index (χ1n) is 7.96. The van der Waals surface area contributed by atoms with Gasteiger partial charge in [-0.15, -0.1) is 0 Å². The van der Waals surface area contributed by atoms with Gasteiger partial charge in [0.2, 0.25) is 0 Å². The zero-order valence-electron chi connectivity index (χ0n) is 14.2. The average Bonchev–Trinajstić information content (AvgIpc) is 2.46. The highest BCUT2D eigenvalue weighted by Gasteiger charge is 2.46. The van der Waals surface area contributed by atoms with Gasteiger partial charge in [-0.05, 0) is 52.8 Å². The zero-order valence-corrected chi connectivity index (χ0v) is 15.8. The fraction of sp³-hybridized carbons (Fsp3) is 0.647. The van der Waals surface area contributed by atoms with Crippen molar-refractivity contribution < 1.29 is 19.1 Å². The van der Waals surface area contributed by atoms with Crippen molar-refractivity contribution in [3.8, 4) is 0 Å². The molecule has 0 aliphatic carbocycles. The minimum Gasteiger partial charge on any atom is -0.462 e. The molecule has 0 amide bonds. The van der Waals surface area contributed by atoms with Crippen molar-refractivity contribution in [1.29, 1.82) is 0 Å². The molecule has 0 saturated heterocycles. The standard InChI is InChI=1S/C17H26BrNO4/c1-12(2)22-15(20)14-11-19-10-8-17(14,7-5-6-9-18)16(21)23-13(3)4/h8,10-13,19H,5-7,9H2,1-4H3. The third-order valence-corrected chi connectivity index (χ3v) is 3.96. The summed E-state index contributed by atoms with van der Waals surface area (Å²) in [6.45, 7) is 7.16. The van der Waals surface area contributed by atoms with Crippen molar-refractivity contribution in [1.82, 2.24) is 5.32 Å². The first-order valence-corrected chi connectivity index (χ1v) is 9.08. The van der Waals surface area contributed by atoms with E-state index in [9.17, 15) is 9.59 Å². The lowest BCUT2D eigenvalue weighted by molar-refractivity contribution is -0.159. The van der Waals surface area contributed by atoms with Crippen LogP contribution in [0.4, 0.5) is 0 Å². The van der Waals surface area contributed by atoms with Gasteiger partial charge in [0.05, 0.1) is 17.8 Å². The lowest BCUT2D eigenvalue weighted by Crippen LogP contribution is -2.41. The zero-order chi connectivity index (χ0) is 17.5. The van der Waals surface area contributed by atoms with Gasteiger partial charge < -0.3 is 14.8 Å². The van der Waals surface area contributed by atoms with Gasteiger partial charge in [0.1, 0.15) is 5.41 Å². The summed E-state index contributed by atoms with van der Waals surface area (Å²) < 4.78 is 10.7. The molecule has 5 nitrogen and oxygen atoms in total. The van der Waals surface area contributed by atoms with Gasteiger partial charge in [-0.3, -0.25) is 4.79 Å². The number of halogens is 1. The summed E-state index contributed by atoms with van der Waals surface area (Å²) in [4.78, 5) is 25.2. The number of unbranched alkanes of at least 4 members (excludes halogenated alkanes) is 1. The first kappa shape index (κ1) is 19.7. The van der Waals surface area contributed by atoms with Gasteiger partial charge in [-0.2, -0.15) is 0 Å². The Labute approximate surface area is 146 Å². The smallest absolute Gasteiger partial charge is 0.337 e. The molecule has 0 aromatic rings. The van der Waals surface area contributed by atoms with Crippen LogP contribution in [0, 0.1) is 5.41 Å². The maximum absolute atomic E-state index is 12.8. The SMILES string of the molecule is CC(C)OC(=O)C1=CNC=CC1(CCCCBr)C(=O)OC(C)C. The van der Waals surface area contributed by atoms with Crippen LogP contribution in [-0.4, -0.2) is 29.5 Å². The quantitative estimate of drug-likeness (QED) is 0.392. The van der Waals surface area contributed by atoms with E-state index in [2.05, 4.69) is 21.2 Å². The number of dihydropyridines is 1. The fourth-order valence-electron chi connectivity index (χ4n) is 2.37. The summed E-state index contributed by atoms with van der Waals surface area (Å²) in [5.41, 5.74) is -0.794. The lowest BCUT2D eigenvalue weighted by atomic mass is 9.75. The predicted molar refractivity (Wildman–Crippen MR) is 92.9 cm³/mol. The molecular weight excluding hydrogens is 362 g/mol. The number of carbonyl (C=O) groups excluding carboxylic acids is 2. The van der Waals surface area contributed by atoms with Gasteiger partial charge in [-0.1, -0.05) is 22.4 Å². The van der Waals surface area contributed by atoms with Crippen molar-refractivity contribution in [2.75, 3.05) is 5.33 Å². The molecule has 1 heterocycles. The van der Waals surface area contributed by atoms with E-state index >= 15 is 0 Å². The molecule has 6 heteroatoms. The molecule has 23 heavy (non-hydrogen) atoms. The third kappa shape index (κ3) is 5.37. The Balaban J connectivity index is 3.13. The molecule has 0 radical (unpaired) electrons. The monoisotopic (exact) mass is 387 g/mol. The minimum absolute atomic E-state index is 0.249. The predicted octanol–water partition coefficient (Wildman–Crippen LogP) is 3.44. The van der Waals surface area contributed by atoms with E-state index in [1.165, 1.54) is 0 Å². The van der Waals surface area contributed by atoms with Crippen LogP contribution < -0.4 is 5.32 Å². The highest BCUT2D eigenvalue weighted by atomic mass is 79.9. The molecule has 1 unspecified atom stereocenters. The number of alkyl halides is 1. The van der Waals surface area contributed by atoms with E-state index in [1.807, 2.05) is 0 Å². The summed E-state index contributed by atoms with van der Waals surface area (Å²) in [5.74, 6) is -0.900. The maximum Gasteiger partial charge on any atom is 0.337 e. The molecule has 130 valence electrons. The number of hydrogen-bond donors (Lipinski definition) is 1. The maximum atomic E-state index is 12.8. The Kier molecular flexibility index (Phi) is 7.82. The molecule has 0 saturated carbocycles. The summed E-state index contributed by atoms with van der Waals surface area (Å²) in [7, 11) is 0. The second-order valence-electron chi connectivity index (χ2n) is 6.08. The molecular formula is C17H26BrNO4.